The zero-order valence-corrected chi connectivity index (χ0v) is 13.4. The van der Waals surface area contributed by atoms with E-state index in [1.54, 1.807) is 13.3 Å². The molecule has 0 saturated heterocycles. The highest BCUT2D eigenvalue weighted by Crippen LogP contribution is 2.41. The Bertz CT molecular complexity index is 604. The van der Waals surface area contributed by atoms with Crippen molar-refractivity contribution in [3.63, 3.8) is 0 Å². The maximum atomic E-state index is 5.43. The van der Waals surface area contributed by atoms with Gasteiger partial charge in [-0.15, -0.1) is 12.4 Å². The number of hydrogen-bond acceptors (Lipinski definition) is 5. The molecule has 0 aliphatic carbocycles. The van der Waals surface area contributed by atoms with Crippen molar-refractivity contribution in [1.29, 1.82) is 0 Å². The molecule has 7 heteroatoms. The Hall–Kier alpha value is -1.92. The molecule has 1 atom stereocenters. The van der Waals surface area contributed by atoms with Gasteiger partial charge in [0.15, 0.2) is 11.5 Å². The van der Waals surface area contributed by atoms with Crippen LogP contribution in [0.25, 0.3) is 0 Å². The third kappa shape index (κ3) is 3.64. The smallest absolute Gasteiger partial charge is 0.231 e. The average Bonchev–Trinajstić information content (AvgIpc) is 3.15. The van der Waals surface area contributed by atoms with E-state index < -0.39 is 0 Å². The molecule has 0 saturated carbocycles. The van der Waals surface area contributed by atoms with Crippen molar-refractivity contribution in [1.82, 2.24) is 14.9 Å². The predicted octanol–water partition coefficient (Wildman–Crippen LogP) is 2.22. The highest BCUT2D eigenvalue weighted by Gasteiger charge is 2.20. The third-order valence-electron chi connectivity index (χ3n) is 3.42. The highest BCUT2D eigenvalue weighted by atomic mass is 35.5. The van der Waals surface area contributed by atoms with E-state index >= 15 is 0 Å². The minimum absolute atomic E-state index is 0. The van der Waals surface area contributed by atoms with E-state index in [0.717, 1.165) is 24.4 Å². The molecular formula is C15H20ClN3O3. The quantitative estimate of drug-likeness (QED) is 0.882. The van der Waals surface area contributed by atoms with Crippen molar-refractivity contribution in [2.24, 2.45) is 0 Å². The number of nitrogens with one attached hydrogen (secondary N) is 1. The summed E-state index contributed by atoms with van der Waals surface area (Å²) in [6, 6.07) is 4.29. The standard InChI is InChI=1S/C15H19N3O3.ClH/c1-11(8-18-4-3-16-9-18)17-7-12-5-13(19-2)15-14(6-12)20-10-21-15;/h3-6,9,11,17H,7-8,10H2,1-2H3;1H. The SMILES string of the molecule is COc1cc(CNC(C)Cn2ccnc2)cc2c1OCO2.Cl. The molecule has 1 unspecified atom stereocenters. The first-order valence-corrected chi connectivity index (χ1v) is 6.92. The lowest BCUT2D eigenvalue weighted by molar-refractivity contribution is 0.171. The Morgan fingerprint density at radius 3 is 3.00 bits per heavy atom. The van der Waals surface area contributed by atoms with Crippen LogP contribution in [0.4, 0.5) is 0 Å². The van der Waals surface area contributed by atoms with Gasteiger partial charge in [-0.1, -0.05) is 0 Å². The van der Waals surface area contributed by atoms with Crippen molar-refractivity contribution in [2.75, 3.05) is 13.9 Å². The fraction of sp³-hybridized carbons (Fsp3) is 0.400. The first-order chi connectivity index (χ1) is 10.3. The molecule has 0 fully saturated rings. The number of rotatable bonds is 6. The topological polar surface area (TPSA) is 57.5 Å². The second-order valence-corrected chi connectivity index (χ2v) is 5.07. The van der Waals surface area contributed by atoms with Gasteiger partial charge in [-0.3, -0.25) is 0 Å². The summed E-state index contributed by atoms with van der Waals surface area (Å²) in [5.74, 6) is 2.14. The summed E-state index contributed by atoms with van der Waals surface area (Å²) in [6.07, 6.45) is 5.57. The number of ether oxygens (including phenoxy) is 3. The van der Waals surface area contributed by atoms with E-state index in [4.69, 9.17) is 14.2 Å². The molecule has 0 spiro atoms. The molecule has 120 valence electrons. The summed E-state index contributed by atoms with van der Waals surface area (Å²) in [6.45, 7) is 4.01. The van der Waals surface area contributed by atoms with Crippen LogP contribution in [0.5, 0.6) is 17.2 Å². The Morgan fingerprint density at radius 2 is 2.27 bits per heavy atom. The third-order valence-corrected chi connectivity index (χ3v) is 3.42. The molecule has 1 aliphatic rings. The van der Waals surface area contributed by atoms with Gasteiger partial charge >= 0.3 is 0 Å². The van der Waals surface area contributed by atoms with Crippen molar-refractivity contribution in [3.8, 4) is 17.2 Å². The monoisotopic (exact) mass is 325 g/mol. The van der Waals surface area contributed by atoms with E-state index in [2.05, 4.69) is 21.8 Å². The molecule has 6 nitrogen and oxygen atoms in total. The van der Waals surface area contributed by atoms with Crippen molar-refractivity contribution >= 4 is 12.4 Å². The maximum Gasteiger partial charge on any atom is 0.231 e. The largest absolute Gasteiger partial charge is 0.493 e. The van der Waals surface area contributed by atoms with Gasteiger partial charge in [-0.2, -0.15) is 0 Å². The number of imidazole rings is 1. The van der Waals surface area contributed by atoms with Gasteiger partial charge in [0.2, 0.25) is 12.5 Å². The van der Waals surface area contributed by atoms with E-state index in [1.807, 2.05) is 24.7 Å². The minimum Gasteiger partial charge on any atom is -0.493 e. The van der Waals surface area contributed by atoms with Crippen LogP contribution in [0.3, 0.4) is 0 Å². The first kappa shape index (κ1) is 16.5. The Labute approximate surface area is 135 Å². The van der Waals surface area contributed by atoms with Crippen LogP contribution in [-0.2, 0) is 13.1 Å². The first-order valence-electron chi connectivity index (χ1n) is 6.92. The fourth-order valence-electron chi connectivity index (χ4n) is 2.35. The molecule has 2 heterocycles. The van der Waals surface area contributed by atoms with Crippen LogP contribution in [-0.4, -0.2) is 29.5 Å². The summed E-state index contributed by atoms with van der Waals surface area (Å²) in [5.41, 5.74) is 1.11. The summed E-state index contributed by atoms with van der Waals surface area (Å²) in [5, 5.41) is 3.48. The lowest BCUT2D eigenvalue weighted by Gasteiger charge is -2.15. The normalized spacial score (nSPS) is 13.5. The van der Waals surface area contributed by atoms with Gasteiger partial charge in [0.25, 0.3) is 0 Å². The molecule has 1 N–H and O–H groups in total. The van der Waals surface area contributed by atoms with Crippen molar-refractivity contribution in [3.05, 3.63) is 36.4 Å². The van der Waals surface area contributed by atoms with E-state index in [-0.39, 0.29) is 19.2 Å². The molecular weight excluding hydrogens is 306 g/mol. The summed E-state index contributed by atoms with van der Waals surface area (Å²) >= 11 is 0. The lowest BCUT2D eigenvalue weighted by Crippen LogP contribution is -2.29. The lowest BCUT2D eigenvalue weighted by atomic mass is 10.1. The van der Waals surface area contributed by atoms with E-state index in [1.165, 1.54) is 0 Å². The summed E-state index contributed by atoms with van der Waals surface area (Å²) in [4.78, 5) is 4.04. The van der Waals surface area contributed by atoms with Crippen LogP contribution in [0.15, 0.2) is 30.9 Å². The Balaban J connectivity index is 0.00000176. The number of benzene rings is 1. The van der Waals surface area contributed by atoms with Crippen LogP contribution in [0.2, 0.25) is 0 Å². The van der Waals surface area contributed by atoms with Gasteiger partial charge < -0.3 is 24.1 Å². The Kier molecular flexibility index (Phi) is 5.51. The van der Waals surface area contributed by atoms with Crippen LogP contribution in [0.1, 0.15) is 12.5 Å². The van der Waals surface area contributed by atoms with Crippen molar-refractivity contribution in [2.45, 2.75) is 26.1 Å². The number of hydrogen-bond donors (Lipinski definition) is 1. The molecule has 1 aliphatic heterocycles. The predicted molar refractivity (Wildman–Crippen MR) is 84.9 cm³/mol. The van der Waals surface area contributed by atoms with Crippen LogP contribution in [0, 0.1) is 0 Å². The summed E-state index contributed by atoms with van der Waals surface area (Å²) < 4.78 is 18.2. The number of nitrogens with zero attached hydrogens (tertiary/aromatic N) is 2. The van der Waals surface area contributed by atoms with Gasteiger partial charge in [0, 0.05) is 31.5 Å². The van der Waals surface area contributed by atoms with Crippen molar-refractivity contribution < 1.29 is 14.2 Å². The van der Waals surface area contributed by atoms with Crippen LogP contribution < -0.4 is 19.5 Å². The minimum atomic E-state index is 0. The maximum absolute atomic E-state index is 5.43. The molecule has 0 radical (unpaired) electrons. The molecule has 1 aromatic heterocycles. The number of methoxy groups -OCH3 is 1. The van der Waals surface area contributed by atoms with Gasteiger partial charge in [0.1, 0.15) is 0 Å². The molecule has 3 rings (SSSR count). The number of halogens is 1. The zero-order valence-electron chi connectivity index (χ0n) is 12.6. The molecule has 22 heavy (non-hydrogen) atoms. The average molecular weight is 326 g/mol. The zero-order chi connectivity index (χ0) is 14.7. The highest BCUT2D eigenvalue weighted by molar-refractivity contribution is 5.85. The molecule has 0 bridgehead atoms. The molecule has 2 aromatic rings. The second-order valence-electron chi connectivity index (χ2n) is 5.07. The number of aromatic nitrogens is 2. The molecule has 1 aromatic carbocycles. The second kappa shape index (κ2) is 7.38. The Morgan fingerprint density at radius 1 is 1.41 bits per heavy atom. The fourth-order valence-corrected chi connectivity index (χ4v) is 2.35. The number of fused-ring (bicyclic) bond motifs is 1. The van der Waals surface area contributed by atoms with Crippen LogP contribution >= 0.6 is 12.4 Å². The van der Waals surface area contributed by atoms with Gasteiger partial charge in [-0.25, -0.2) is 4.98 Å². The summed E-state index contributed by atoms with van der Waals surface area (Å²) in [7, 11) is 1.64. The molecule has 0 amide bonds. The van der Waals surface area contributed by atoms with E-state index in [9.17, 15) is 0 Å². The van der Waals surface area contributed by atoms with Gasteiger partial charge in [-0.05, 0) is 24.6 Å². The van der Waals surface area contributed by atoms with E-state index in [0.29, 0.717) is 17.5 Å². The van der Waals surface area contributed by atoms with Gasteiger partial charge in [0.05, 0.1) is 13.4 Å².